The number of hydrogen-bond acceptors (Lipinski definition) is 3. The maximum absolute atomic E-state index is 12.3. The second kappa shape index (κ2) is 6.34. The van der Waals surface area contributed by atoms with Gasteiger partial charge in [-0.2, -0.15) is 5.10 Å². The number of benzene rings is 1. The first-order valence-corrected chi connectivity index (χ1v) is 8.05. The molecule has 2 heterocycles. The molecule has 0 fully saturated rings. The number of nitrogens with zero attached hydrogens (tertiary/aromatic N) is 2. The van der Waals surface area contributed by atoms with E-state index in [4.69, 9.17) is 11.6 Å². The molecule has 0 unspecified atom stereocenters. The SMILES string of the molecule is C[C@H](NC(=O)c1ccn(-c2cccc(Cl)c2)n1)c1cccs1. The van der Waals surface area contributed by atoms with Gasteiger partial charge in [-0.05, 0) is 42.6 Å². The maximum atomic E-state index is 12.3. The molecule has 0 aliphatic rings. The van der Waals surface area contributed by atoms with E-state index in [-0.39, 0.29) is 11.9 Å². The van der Waals surface area contributed by atoms with Crippen molar-refractivity contribution >= 4 is 28.8 Å². The zero-order valence-corrected chi connectivity index (χ0v) is 13.4. The van der Waals surface area contributed by atoms with Gasteiger partial charge in [-0.25, -0.2) is 4.68 Å². The lowest BCUT2D eigenvalue weighted by atomic mass is 10.2. The zero-order chi connectivity index (χ0) is 15.5. The summed E-state index contributed by atoms with van der Waals surface area (Å²) in [5, 5.41) is 9.87. The highest BCUT2D eigenvalue weighted by Crippen LogP contribution is 2.19. The quantitative estimate of drug-likeness (QED) is 0.783. The Morgan fingerprint density at radius 2 is 2.18 bits per heavy atom. The van der Waals surface area contributed by atoms with Crippen molar-refractivity contribution in [3.05, 3.63) is 69.6 Å². The number of rotatable bonds is 4. The third-order valence-electron chi connectivity index (χ3n) is 3.21. The molecular weight excluding hydrogens is 318 g/mol. The summed E-state index contributed by atoms with van der Waals surface area (Å²) in [5.41, 5.74) is 1.20. The van der Waals surface area contributed by atoms with Gasteiger partial charge in [0.1, 0.15) is 0 Å². The van der Waals surface area contributed by atoms with E-state index in [0.717, 1.165) is 10.6 Å². The van der Waals surface area contributed by atoms with Crippen LogP contribution < -0.4 is 5.32 Å². The Kier molecular flexibility index (Phi) is 4.27. The van der Waals surface area contributed by atoms with Crippen molar-refractivity contribution in [3.8, 4) is 5.69 Å². The highest BCUT2D eigenvalue weighted by atomic mass is 35.5. The summed E-state index contributed by atoms with van der Waals surface area (Å²) in [4.78, 5) is 13.4. The maximum Gasteiger partial charge on any atom is 0.272 e. The minimum absolute atomic E-state index is 0.0381. The van der Waals surface area contributed by atoms with Crippen LogP contribution in [0.4, 0.5) is 0 Å². The number of aromatic nitrogens is 2. The molecule has 1 aromatic carbocycles. The lowest BCUT2D eigenvalue weighted by Gasteiger charge is -2.10. The van der Waals surface area contributed by atoms with Crippen molar-refractivity contribution in [2.45, 2.75) is 13.0 Å². The van der Waals surface area contributed by atoms with Crippen molar-refractivity contribution in [1.29, 1.82) is 0 Å². The Morgan fingerprint density at radius 3 is 2.91 bits per heavy atom. The van der Waals surface area contributed by atoms with Gasteiger partial charge in [0.25, 0.3) is 5.91 Å². The molecule has 1 atom stereocenters. The average Bonchev–Trinajstić information content (AvgIpc) is 3.19. The van der Waals surface area contributed by atoms with Gasteiger partial charge in [0.2, 0.25) is 0 Å². The van der Waals surface area contributed by atoms with E-state index in [9.17, 15) is 4.79 Å². The predicted octanol–water partition coefficient (Wildman–Crippen LogP) is 4.08. The number of halogens is 1. The molecule has 0 spiro atoms. The van der Waals surface area contributed by atoms with Crippen LogP contribution in [-0.2, 0) is 0 Å². The molecule has 112 valence electrons. The van der Waals surface area contributed by atoms with Gasteiger partial charge in [0.15, 0.2) is 5.69 Å². The van der Waals surface area contributed by atoms with Gasteiger partial charge >= 0.3 is 0 Å². The van der Waals surface area contributed by atoms with E-state index < -0.39 is 0 Å². The van der Waals surface area contributed by atoms with Crippen molar-refractivity contribution in [3.63, 3.8) is 0 Å². The van der Waals surface area contributed by atoms with Crippen molar-refractivity contribution < 1.29 is 4.79 Å². The smallest absolute Gasteiger partial charge is 0.272 e. The molecule has 6 heteroatoms. The van der Waals surface area contributed by atoms with Crippen molar-refractivity contribution in [2.75, 3.05) is 0 Å². The number of nitrogens with one attached hydrogen (secondary N) is 1. The van der Waals surface area contributed by atoms with Gasteiger partial charge in [0, 0.05) is 16.1 Å². The second-order valence-electron chi connectivity index (χ2n) is 4.84. The van der Waals surface area contributed by atoms with Crippen LogP contribution in [0.3, 0.4) is 0 Å². The van der Waals surface area contributed by atoms with Gasteiger partial charge in [0.05, 0.1) is 11.7 Å². The van der Waals surface area contributed by atoms with E-state index in [1.165, 1.54) is 0 Å². The minimum Gasteiger partial charge on any atom is -0.343 e. The third kappa shape index (κ3) is 3.21. The van der Waals surface area contributed by atoms with Crippen LogP contribution in [0.1, 0.15) is 28.3 Å². The molecule has 0 radical (unpaired) electrons. The van der Waals surface area contributed by atoms with Crippen LogP contribution in [0.5, 0.6) is 0 Å². The fourth-order valence-corrected chi connectivity index (χ4v) is 3.01. The van der Waals surface area contributed by atoms with E-state index >= 15 is 0 Å². The van der Waals surface area contributed by atoms with Crippen molar-refractivity contribution in [2.24, 2.45) is 0 Å². The van der Waals surface area contributed by atoms with Crippen LogP contribution in [0.15, 0.2) is 54.0 Å². The first-order valence-electron chi connectivity index (χ1n) is 6.79. The molecule has 1 N–H and O–H groups in total. The molecule has 0 aliphatic carbocycles. The van der Waals surface area contributed by atoms with Crippen LogP contribution in [0, 0.1) is 0 Å². The topological polar surface area (TPSA) is 46.9 Å². The van der Waals surface area contributed by atoms with Crippen LogP contribution in [0.2, 0.25) is 5.02 Å². The number of carbonyl (C=O) groups excluding carboxylic acids is 1. The number of hydrogen-bond donors (Lipinski definition) is 1. The van der Waals surface area contributed by atoms with Gasteiger partial charge < -0.3 is 5.32 Å². The fraction of sp³-hybridized carbons (Fsp3) is 0.125. The van der Waals surface area contributed by atoms with Gasteiger partial charge in [-0.15, -0.1) is 11.3 Å². The predicted molar refractivity (Wildman–Crippen MR) is 88.8 cm³/mol. The summed E-state index contributed by atoms with van der Waals surface area (Å²) in [7, 11) is 0. The highest BCUT2D eigenvalue weighted by molar-refractivity contribution is 7.10. The summed E-state index contributed by atoms with van der Waals surface area (Å²) in [6.07, 6.45) is 1.75. The van der Waals surface area contributed by atoms with Crippen LogP contribution in [0.25, 0.3) is 5.69 Å². The standard InChI is InChI=1S/C16H14ClN3OS/c1-11(15-6-3-9-22-15)18-16(21)14-7-8-20(19-14)13-5-2-4-12(17)10-13/h2-11H,1H3,(H,18,21)/t11-/m0/s1. The summed E-state index contributed by atoms with van der Waals surface area (Å²) >= 11 is 7.59. The Bertz CT molecular complexity index is 782. The van der Waals surface area contributed by atoms with E-state index in [2.05, 4.69) is 10.4 Å². The molecule has 3 rings (SSSR count). The summed E-state index contributed by atoms with van der Waals surface area (Å²) in [6, 6.07) is 12.9. The largest absolute Gasteiger partial charge is 0.343 e. The van der Waals surface area contributed by atoms with Gasteiger partial charge in [-0.3, -0.25) is 4.79 Å². The summed E-state index contributed by atoms with van der Waals surface area (Å²) in [6.45, 7) is 1.96. The molecule has 0 bridgehead atoms. The molecule has 0 saturated carbocycles. The third-order valence-corrected chi connectivity index (χ3v) is 4.50. The molecule has 0 aliphatic heterocycles. The number of carbonyl (C=O) groups is 1. The monoisotopic (exact) mass is 331 g/mol. The minimum atomic E-state index is -0.193. The van der Waals surface area contributed by atoms with E-state index in [1.54, 1.807) is 40.4 Å². The molecular formula is C16H14ClN3OS. The van der Waals surface area contributed by atoms with Crippen LogP contribution in [-0.4, -0.2) is 15.7 Å². The molecule has 4 nitrogen and oxygen atoms in total. The molecule has 0 saturated heterocycles. The summed E-state index contributed by atoms with van der Waals surface area (Å²) < 4.78 is 1.64. The highest BCUT2D eigenvalue weighted by Gasteiger charge is 2.14. The number of thiophene rings is 1. The Labute approximate surface area is 137 Å². The Balaban J connectivity index is 1.74. The fourth-order valence-electron chi connectivity index (χ4n) is 2.09. The molecule has 1 amide bonds. The molecule has 22 heavy (non-hydrogen) atoms. The first kappa shape index (κ1) is 14.8. The van der Waals surface area contributed by atoms with E-state index in [1.807, 2.05) is 36.6 Å². The van der Waals surface area contributed by atoms with Gasteiger partial charge in [-0.1, -0.05) is 23.7 Å². The Morgan fingerprint density at radius 1 is 1.32 bits per heavy atom. The first-order chi connectivity index (χ1) is 10.6. The van der Waals surface area contributed by atoms with E-state index in [0.29, 0.717) is 10.7 Å². The summed E-state index contributed by atoms with van der Waals surface area (Å²) in [5.74, 6) is -0.193. The Hall–Kier alpha value is -2.11. The average molecular weight is 332 g/mol. The zero-order valence-electron chi connectivity index (χ0n) is 11.9. The number of amides is 1. The molecule has 2 aromatic heterocycles. The normalized spacial score (nSPS) is 12.1. The van der Waals surface area contributed by atoms with Crippen molar-refractivity contribution in [1.82, 2.24) is 15.1 Å². The lowest BCUT2D eigenvalue weighted by molar-refractivity contribution is 0.0935. The van der Waals surface area contributed by atoms with Crippen LogP contribution >= 0.6 is 22.9 Å². The molecule has 3 aromatic rings. The second-order valence-corrected chi connectivity index (χ2v) is 6.25. The lowest BCUT2D eigenvalue weighted by Crippen LogP contribution is -2.26.